The van der Waals surface area contributed by atoms with Crippen LogP contribution in [0.1, 0.15) is 31.2 Å². The second kappa shape index (κ2) is 6.40. The summed E-state index contributed by atoms with van der Waals surface area (Å²) in [7, 11) is 0. The molecule has 2 saturated heterocycles. The van der Waals surface area contributed by atoms with Gasteiger partial charge in [0.25, 0.3) is 0 Å². The average Bonchev–Trinajstić information content (AvgIpc) is 3.12. The Balaban J connectivity index is 1.56. The topological polar surface area (TPSA) is 24.5 Å². The third-order valence-electron chi connectivity index (χ3n) is 4.15. The Labute approximate surface area is 115 Å². The summed E-state index contributed by atoms with van der Waals surface area (Å²) in [5.41, 5.74) is 2.84. The van der Waals surface area contributed by atoms with Gasteiger partial charge in [-0.3, -0.25) is 0 Å². The summed E-state index contributed by atoms with van der Waals surface area (Å²) in [6.45, 7) is 5.29. The summed E-state index contributed by atoms with van der Waals surface area (Å²) < 4.78 is 5.65. The highest BCUT2D eigenvalue weighted by Gasteiger charge is 2.17. The molecule has 0 spiro atoms. The summed E-state index contributed by atoms with van der Waals surface area (Å²) >= 11 is 0. The van der Waals surface area contributed by atoms with Crippen molar-refractivity contribution < 1.29 is 4.74 Å². The van der Waals surface area contributed by atoms with Crippen molar-refractivity contribution in [2.45, 2.75) is 38.3 Å². The fraction of sp³-hybridized carbons (Fsp3) is 0.625. The zero-order valence-electron chi connectivity index (χ0n) is 11.6. The molecule has 2 fully saturated rings. The fourth-order valence-electron chi connectivity index (χ4n) is 3.10. The van der Waals surface area contributed by atoms with E-state index in [1.165, 1.54) is 50.0 Å². The summed E-state index contributed by atoms with van der Waals surface area (Å²) in [6.07, 6.45) is 5.52. The van der Waals surface area contributed by atoms with E-state index in [1.807, 2.05) is 0 Å². The van der Waals surface area contributed by atoms with Crippen molar-refractivity contribution in [3.8, 4) is 0 Å². The highest BCUT2D eigenvalue weighted by molar-refractivity contribution is 5.54. The predicted octanol–water partition coefficient (Wildman–Crippen LogP) is 2.56. The van der Waals surface area contributed by atoms with Crippen LogP contribution in [0.15, 0.2) is 24.3 Å². The zero-order chi connectivity index (χ0) is 12.9. The van der Waals surface area contributed by atoms with E-state index in [0.29, 0.717) is 6.10 Å². The predicted molar refractivity (Wildman–Crippen MR) is 78.6 cm³/mol. The molecular formula is C16H24N2O. The van der Waals surface area contributed by atoms with Crippen molar-refractivity contribution in [2.75, 3.05) is 31.1 Å². The fourth-order valence-corrected chi connectivity index (χ4v) is 3.10. The molecule has 3 heteroatoms. The smallest absolute Gasteiger partial charge is 0.0700 e. The maximum absolute atomic E-state index is 5.65. The van der Waals surface area contributed by atoms with Crippen LogP contribution in [0, 0.1) is 0 Å². The lowest BCUT2D eigenvalue weighted by Crippen LogP contribution is -2.27. The zero-order valence-corrected chi connectivity index (χ0v) is 11.6. The largest absolute Gasteiger partial charge is 0.377 e. The minimum absolute atomic E-state index is 0.430. The molecule has 0 saturated carbocycles. The molecule has 0 aromatic heterocycles. The summed E-state index contributed by atoms with van der Waals surface area (Å²) in [6, 6.07) is 8.80. The molecule has 0 radical (unpaired) electrons. The van der Waals surface area contributed by atoms with E-state index in [4.69, 9.17) is 4.74 Å². The quantitative estimate of drug-likeness (QED) is 0.880. The van der Waals surface area contributed by atoms with Gasteiger partial charge >= 0.3 is 0 Å². The SMILES string of the molecule is c1ccc(N2CCCC2)c(CNCC2CCCO2)c1. The van der Waals surface area contributed by atoms with E-state index in [1.54, 1.807) is 0 Å². The first-order valence-electron chi connectivity index (χ1n) is 7.58. The van der Waals surface area contributed by atoms with Crippen molar-refractivity contribution in [2.24, 2.45) is 0 Å². The number of rotatable bonds is 5. The number of nitrogens with zero attached hydrogens (tertiary/aromatic N) is 1. The standard InChI is InChI=1S/C16H24N2O/c1-2-8-16(18-9-3-4-10-18)14(6-1)12-17-13-15-7-5-11-19-15/h1-2,6,8,15,17H,3-5,7,9-13H2. The maximum atomic E-state index is 5.65. The molecule has 0 bridgehead atoms. The van der Waals surface area contributed by atoms with E-state index in [2.05, 4.69) is 34.5 Å². The van der Waals surface area contributed by atoms with Gasteiger partial charge in [-0.15, -0.1) is 0 Å². The molecule has 1 aromatic rings. The Hall–Kier alpha value is -1.06. The van der Waals surface area contributed by atoms with Crippen LogP contribution in [-0.4, -0.2) is 32.3 Å². The van der Waals surface area contributed by atoms with E-state index < -0.39 is 0 Å². The van der Waals surface area contributed by atoms with Crippen LogP contribution in [0.3, 0.4) is 0 Å². The molecule has 1 unspecified atom stereocenters. The molecule has 0 amide bonds. The lowest BCUT2D eigenvalue weighted by molar-refractivity contribution is 0.110. The van der Waals surface area contributed by atoms with Gasteiger partial charge in [0.1, 0.15) is 0 Å². The lowest BCUT2D eigenvalue weighted by Gasteiger charge is -2.22. The summed E-state index contributed by atoms with van der Waals surface area (Å²) in [5, 5.41) is 3.56. The summed E-state index contributed by atoms with van der Waals surface area (Å²) in [5.74, 6) is 0. The highest BCUT2D eigenvalue weighted by Crippen LogP contribution is 2.24. The third kappa shape index (κ3) is 3.28. The van der Waals surface area contributed by atoms with Crippen molar-refractivity contribution in [1.82, 2.24) is 5.32 Å². The van der Waals surface area contributed by atoms with E-state index >= 15 is 0 Å². The Morgan fingerprint density at radius 3 is 2.79 bits per heavy atom. The molecule has 104 valence electrons. The van der Waals surface area contributed by atoms with Gasteiger partial charge in [0, 0.05) is 38.5 Å². The Morgan fingerprint density at radius 1 is 1.16 bits per heavy atom. The molecular weight excluding hydrogens is 236 g/mol. The van der Waals surface area contributed by atoms with Crippen molar-refractivity contribution >= 4 is 5.69 Å². The van der Waals surface area contributed by atoms with Crippen molar-refractivity contribution in [1.29, 1.82) is 0 Å². The van der Waals surface area contributed by atoms with Gasteiger partial charge in [-0.25, -0.2) is 0 Å². The molecule has 1 aromatic carbocycles. The molecule has 3 rings (SSSR count). The van der Waals surface area contributed by atoms with Crippen LogP contribution >= 0.6 is 0 Å². The normalized spacial score (nSPS) is 23.2. The first-order valence-corrected chi connectivity index (χ1v) is 7.58. The van der Waals surface area contributed by atoms with Crippen molar-refractivity contribution in [3.63, 3.8) is 0 Å². The second-order valence-corrected chi connectivity index (χ2v) is 5.59. The number of para-hydroxylation sites is 1. The lowest BCUT2D eigenvalue weighted by atomic mass is 10.1. The molecule has 2 heterocycles. The van der Waals surface area contributed by atoms with E-state index in [9.17, 15) is 0 Å². The van der Waals surface area contributed by atoms with E-state index in [0.717, 1.165) is 19.7 Å². The van der Waals surface area contributed by atoms with Gasteiger partial charge in [-0.05, 0) is 37.3 Å². The van der Waals surface area contributed by atoms with Crippen LogP contribution in [0.5, 0.6) is 0 Å². The molecule has 2 aliphatic rings. The molecule has 0 aliphatic carbocycles. The highest BCUT2D eigenvalue weighted by atomic mass is 16.5. The van der Waals surface area contributed by atoms with Gasteiger partial charge in [0.15, 0.2) is 0 Å². The van der Waals surface area contributed by atoms with Crippen LogP contribution in [0.2, 0.25) is 0 Å². The van der Waals surface area contributed by atoms with Crippen molar-refractivity contribution in [3.05, 3.63) is 29.8 Å². The van der Waals surface area contributed by atoms with Crippen LogP contribution in [0.25, 0.3) is 0 Å². The number of hydrogen-bond acceptors (Lipinski definition) is 3. The molecule has 19 heavy (non-hydrogen) atoms. The van der Waals surface area contributed by atoms with Gasteiger partial charge in [-0.1, -0.05) is 18.2 Å². The number of benzene rings is 1. The molecule has 1 atom stereocenters. The Bertz CT molecular complexity index is 395. The van der Waals surface area contributed by atoms with Gasteiger partial charge < -0.3 is 15.0 Å². The molecule has 2 aliphatic heterocycles. The average molecular weight is 260 g/mol. The Morgan fingerprint density at radius 2 is 2.00 bits per heavy atom. The molecule has 1 N–H and O–H groups in total. The Kier molecular flexibility index (Phi) is 4.36. The van der Waals surface area contributed by atoms with Crippen LogP contribution < -0.4 is 10.2 Å². The maximum Gasteiger partial charge on any atom is 0.0700 e. The second-order valence-electron chi connectivity index (χ2n) is 5.59. The first-order chi connectivity index (χ1) is 9.43. The number of ether oxygens (including phenoxy) is 1. The van der Waals surface area contributed by atoms with Crippen LogP contribution in [0.4, 0.5) is 5.69 Å². The van der Waals surface area contributed by atoms with E-state index in [-0.39, 0.29) is 0 Å². The van der Waals surface area contributed by atoms with Gasteiger partial charge in [-0.2, -0.15) is 0 Å². The number of nitrogens with one attached hydrogen (secondary N) is 1. The first kappa shape index (κ1) is 12.9. The minimum Gasteiger partial charge on any atom is -0.377 e. The monoisotopic (exact) mass is 260 g/mol. The number of hydrogen-bond donors (Lipinski definition) is 1. The minimum atomic E-state index is 0.430. The van der Waals surface area contributed by atoms with Gasteiger partial charge in [0.2, 0.25) is 0 Å². The molecule has 3 nitrogen and oxygen atoms in total. The summed E-state index contributed by atoms with van der Waals surface area (Å²) in [4.78, 5) is 2.52. The third-order valence-corrected chi connectivity index (χ3v) is 4.15. The van der Waals surface area contributed by atoms with Crippen LogP contribution in [-0.2, 0) is 11.3 Å². The van der Waals surface area contributed by atoms with Gasteiger partial charge in [0.05, 0.1) is 6.10 Å². The number of anilines is 1.